The Morgan fingerprint density at radius 1 is 1.50 bits per heavy atom. The Hall–Kier alpha value is -2.08. The van der Waals surface area contributed by atoms with Crippen molar-refractivity contribution in [2.75, 3.05) is 0 Å². The molecule has 0 spiro atoms. The summed E-state index contributed by atoms with van der Waals surface area (Å²) in [5.41, 5.74) is 0.898. The van der Waals surface area contributed by atoms with Gasteiger partial charge in [-0.25, -0.2) is 4.98 Å². The number of ether oxygens (including phenoxy) is 1. The lowest BCUT2D eigenvalue weighted by Crippen LogP contribution is -2.04. The highest BCUT2D eigenvalue weighted by atomic mass is 35.5. The molecular formula is C13H12ClN3O3. The molecule has 3 rings (SSSR count). The van der Waals surface area contributed by atoms with Crippen molar-refractivity contribution in [2.24, 2.45) is 0 Å². The van der Waals surface area contributed by atoms with Crippen molar-refractivity contribution < 1.29 is 9.66 Å². The zero-order valence-electron chi connectivity index (χ0n) is 10.5. The lowest BCUT2D eigenvalue weighted by Gasteiger charge is -2.09. The summed E-state index contributed by atoms with van der Waals surface area (Å²) < 4.78 is 7.67. The number of nitro groups is 1. The summed E-state index contributed by atoms with van der Waals surface area (Å²) in [4.78, 5) is 14.4. The van der Waals surface area contributed by atoms with E-state index < -0.39 is 4.92 Å². The maximum Gasteiger partial charge on any atom is 0.273 e. The molecule has 1 aromatic heterocycles. The van der Waals surface area contributed by atoms with Crippen LogP contribution in [0, 0.1) is 10.1 Å². The molecule has 1 aliphatic carbocycles. The van der Waals surface area contributed by atoms with Crippen LogP contribution in [-0.4, -0.2) is 14.5 Å². The van der Waals surface area contributed by atoms with Gasteiger partial charge in [-0.15, -0.1) is 0 Å². The normalized spacial score (nSPS) is 14.2. The Kier molecular flexibility index (Phi) is 3.31. The van der Waals surface area contributed by atoms with E-state index in [4.69, 9.17) is 16.3 Å². The summed E-state index contributed by atoms with van der Waals surface area (Å²) in [7, 11) is 0. The van der Waals surface area contributed by atoms with Crippen LogP contribution in [0.15, 0.2) is 30.7 Å². The van der Waals surface area contributed by atoms with Gasteiger partial charge in [0.25, 0.3) is 5.69 Å². The van der Waals surface area contributed by atoms with E-state index in [-0.39, 0.29) is 12.3 Å². The number of imidazole rings is 1. The predicted molar refractivity (Wildman–Crippen MR) is 72.9 cm³/mol. The fraction of sp³-hybridized carbons (Fsp3) is 0.308. The van der Waals surface area contributed by atoms with Gasteiger partial charge >= 0.3 is 0 Å². The summed E-state index contributed by atoms with van der Waals surface area (Å²) in [5.74, 6) is 0.310. The minimum absolute atomic E-state index is 0.0416. The minimum atomic E-state index is -0.475. The van der Waals surface area contributed by atoms with E-state index in [1.807, 2.05) is 0 Å². The molecule has 0 amide bonds. The highest BCUT2D eigenvalue weighted by molar-refractivity contribution is 6.32. The second kappa shape index (κ2) is 5.13. The van der Waals surface area contributed by atoms with Crippen LogP contribution in [-0.2, 0) is 6.61 Å². The lowest BCUT2D eigenvalue weighted by molar-refractivity contribution is -0.384. The number of benzene rings is 1. The number of hydrogen-bond acceptors (Lipinski definition) is 4. The monoisotopic (exact) mass is 293 g/mol. The zero-order valence-corrected chi connectivity index (χ0v) is 11.3. The molecule has 20 heavy (non-hydrogen) atoms. The number of halogens is 1. The van der Waals surface area contributed by atoms with Gasteiger partial charge in [-0.3, -0.25) is 10.1 Å². The van der Waals surface area contributed by atoms with Gasteiger partial charge in [0.1, 0.15) is 12.4 Å². The second-order valence-corrected chi connectivity index (χ2v) is 5.09. The average Bonchev–Trinajstić information content (AvgIpc) is 3.17. The number of aromatic nitrogens is 2. The third-order valence-electron chi connectivity index (χ3n) is 3.19. The van der Waals surface area contributed by atoms with Crippen LogP contribution in [0.25, 0.3) is 0 Å². The minimum Gasteiger partial charge on any atom is -0.485 e. The van der Waals surface area contributed by atoms with Gasteiger partial charge in [0.05, 0.1) is 34.2 Å². The third kappa shape index (κ3) is 2.60. The van der Waals surface area contributed by atoms with Gasteiger partial charge in [0, 0.05) is 12.1 Å². The quantitative estimate of drug-likeness (QED) is 0.626. The summed E-state index contributed by atoms with van der Waals surface area (Å²) >= 11 is 5.99. The standard InChI is InChI=1S/C13H12ClN3O3/c14-12-4-3-10(17(18)19)5-13(12)20-7-11-6-15-8-16(11)9-1-2-9/h3-6,8-9H,1-2,7H2. The number of nitro benzene ring substituents is 1. The molecule has 0 saturated heterocycles. The number of nitrogens with zero attached hydrogens (tertiary/aromatic N) is 3. The van der Waals surface area contributed by atoms with E-state index in [2.05, 4.69) is 9.55 Å². The molecule has 0 radical (unpaired) electrons. The number of rotatable bonds is 5. The van der Waals surface area contributed by atoms with Crippen molar-refractivity contribution in [1.82, 2.24) is 9.55 Å². The van der Waals surface area contributed by atoms with Crippen LogP contribution in [0.1, 0.15) is 24.6 Å². The van der Waals surface area contributed by atoms with Crippen LogP contribution < -0.4 is 4.74 Å². The molecule has 0 unspecified atom stereocenters. The smallest absolute Gasteiger partial charge is 0.273 e. The van der Waals surface area contributed by atoms with E-state index in [1.54, 1.807) is 12.5 Å². The first-order valence-corrected chi connectivity index (χ1v) is 6.60. The molecular weight excluding hydrogens is 282 g/mol. The molecule has 1 aromatic carbocycles. The van der Waals surface area contributed by atoms with Gasteiger partial charge in [0.2, 0.25) is 0 Å². The third-order valence-corrected chi connectivity index (χ3v) is 3.50. The fourth-order valence-corrected chi connectivity index (χ4v) is 2.17. The fourth-order valence-electron chi connectivity index (χ4n) is 1.99. The maximum absolute atomic E-state index is 10.7. The largest absolute Gasteiger partial charge is 0.485 e. The second-order valence-electron chi connectivity index (χ2n) is 4.68. The number of non-ortho nitro benzene ring substituents is 1. The molecule has 7 heteroatoms. The maximum atomic E-state index is 10.7. The van der Waals surface area contributed by atoms with Crippen LogP contribution in [0.4, 0.5) is 5.69 Å². The molecule has 1 saturated carbocycles. The topological polar surface area (TPSA) is 70.2 Å². The Morgan fingerprint density at radius 3 is 3.00 bits per heavy atom. The highest BCUT2D eigenvalue weighted by Crippen LogP contribution is 2.36. The molecule has 0 aliphatic heterocycles. The van der Waals surface area contributed by atoms with E-state index in [0.717, 1.165) is 18.5 Å². The van der Waals surface area contributed by atoms with E-state index in [1.165, 1.54) is 18.2 Å². The summed E-state index contributed by atoms with van der Waals surface area (Å²) in [5, 5.41) is 11.1. The van der Waals surface area contributed by atoms with Crippen molar-refractivity contribution in [3.8, 4) is 5.75 Å². The summed E-state index contributed by atoms with van der Waals surface area (Å²) in [6.07, 6.45) is 5.83. The first-order valence-electron chi connectivity index (χ1n) is 6.22. The van der Waals surface area contributed by atoms with Crippen LogP contribution in [0.3, 0.4) is 0 Å². The van der Waals surface area contributed by atoms with Gasteiger partial charge in [-0.05, 0) is 18.9 Å². The zero-order chi connectivity index (χ0) is 14.1. The first kappa shape index (κ1) is 12.9. The van der Waals surface area contributed by atoms with Crippen LogP contribution in [0.2, 0.25) is 5.02 Å². The molecule has 1 fully saturated rings. The predicted octanol–water partition coefficient (Wildman–Crippen LogP) is 3.36. The van der Waals surface area contributed by atoms with E-state index in [9.17, 15) is 10.1 Å². The molecule has 104 valence electrons. The Labute approximate surface area is 120 Å². The Balaban J connectivity index is 1.75. The van der Waals surface area contributed by atoms with Crippen molar-refractivity contribution in [2.45, 2.75) is 25.5 Å². The SMILES string of the molecule is O=[N+]([O-])c1ccc(Cl)c(OCc2cncn2C2CC2)c1. The van der Waals surface area contributed by atoms with Crippen LogP contribution in [0.5, 0.6) is 5.75 Å². The number of hydrogen-bond donors (Lipinski definition) is 0. The van der Waals surface area contributed by atoms with E-state index in [0.29, 0.717) is 16.8 Å². The molecule has 6 nitrogen and oxygen atoms in total. The van der Waals surface area contributed by atoms with Gasteiger partial charge < -0.3 is 9.30 Å². The van der Waals surface area contributed by atoms with Crippen molar-refractivity contribution in [3.05, 3.63) is 51.6 Å². The molecule has 2 aromatic rings. The molecule has 0 N–H and O–H groups in total. The molecule has 1 aliphatic rings. The van der Waals surface area contributed by atoms with Gasteiger partial charge in [-0.1, -0.05) is 11.6 Å². The molecule has 1 heterocycles. The highest BCUT2D eigenvalue weighted by Gasteiger charge is 2.25. The average molecular weight is 294 g/mol. The van der Waals surface area contributed by atoms with Crippen molar-refractivity contribution in [3.63, 3.8) is 0 Å². The first-order chi connectivity index (χ1) is 9.65. The van der Waals surface area contributed by atoms with Crippen molar-refractivity contribution >= 4 is 17.3 Å². The summed E-state index contributed by atoms with van der Waals surface area (Å²) in [6, 6.07) is 4.66. The van der Waals surface area contributed by atoms with Crippen molar-refractivity contribution in [1.29, 1.82) is 0 Å². The lowest BCUT2D eigenvalue weighted by atomic mass is 10.3. The molecule has 0 bridgehead atoms. The van der Waals surface area contributed by atoms with E-state index >= 15 is 0 Å². The Morgan fingerprint density at radius 2 is 2.30 bits per heavy atom. The van der Waals surface area contributed by atoms with Gasteiger partial charge in [0.15, 0.2) is 0 Å². The Bertz CT molecular complexity index is 652. The molecule has 0 atom stereocenters. The van der Waals surface area contributed by atoms with Crippen LogP contribution >= 0.6 is 11.6 Å². The summed E-state index contributed by atoms with van der Waals surface area (Å²) in [6.45, 7) is 0.289. The van der Waals surface area contributed by atoms with Gasteiger partial charge in [-0.2, -0.15) is 0 Å².